The molecule has 420 valence electrons. The molecule has 5 aliphatic rings. The number of likely N-dealkylation sites (N-methyl/N-ethyl adjacent to an activating group) is 1. The SMILES string of the molecule is COc1cc2cc(c1Cl)N(C)C(=O)C[C@H](OC(=O)[C@H](C)N(C)C(=O)CCS[C@H]1CC(=O)N(CC3CCC(C(=O)NCCCC[C@H](N)C(=O)O)CC3)C1=O)[C@]1(C)O[C@H]1[C@H](C)[C@@H]1C[C@@](O)(NC(=O)O1)[C@H](OC)/C=C\C=C(\C)C2. The van der Waals surface area contributed by atoms with Gasteiger partial charge in [0.2, 0.25) is 29.5 Å². The molecule has 6 rings (SSSR count). The van der Waals surface area contributed by atoms with E-state index in [1.807, 2.05) is 13.0 Å². The zero-order chi connectivity index (χ0) is 55.8. The summed E-state index contributed by atoms with van der Waals surface area (Å²) in [5.41, 5.74) is 4.34. The Balaban J connectivity index is 1.07. The Bertz CT molecular complexity index is 2420. The largest absolute Gasteiger partial charge is 0.495 e. The summed E-state index contributed by atoms with van der Waals surface area (Å²) >= 11 is 8.02. The van der Waals surface area contributed by atoms with Crippen LogP contribution in [0.2, 0.25) is 5.02 Å². The number of methoxy groups -OCH3 is 2. The second-order valence-corrected chi connectivity index (χ2v) is 22.7. The molecule has 4 heterocycles. The zero-order valence-corrected chi connectivity index (χ0v) is 46.2. The normalized spacial score (nSPS) is 30.9. The molecule has 4 bridgehead atoms. The summed E-state index contributed by atoms with van der Waals surface area (Å²) in [6.07, 6.45) is 4.40. The fraction of sp³-hybridized carbons (Fsp3) is 0.660. The number of aliphatic hydroxyl groups is 1. The van der Waals surface area contributed by atoms with E-state index in [2.05, 4.69) is 10.6 Å². The highest BCUT2D eigenvalue weighted by Gasteiger charge is 2.64. The van der Waals surface area contributed by atoms with Crippen molar-refractivity contribution >= 4 is 76.6 Å². The summed E-state index contributed by atoms with van der Waals surface area (Å²) in [6.45, 7) is 7.53. The Labute approximate surface area is 453 Å². The molecule has 1 aromatic carbocycles. The molecule has 6 N–H and O–H groups in total. The summed E-state index contributed by atoms with van der Waals surface area (Å²) in [7, 11) is 5.87. The molecule has 0 spiro atoms. The van der Waals surface area contributed by atoms with Gasteiger partial charge in [-0.2, -0.15) is 0 Å². The molecule has 10 atom stereocenters. The number of alkyl carbamates (subject to hydrolysis) is 1. The topological polar surface area (TPSA) is 286 Å². The molecule has 21 nitrogen and oxygen atoms in total. The van der Waals surface area contributed by atoms with Crippen LogP contribution in [0.25, 0.3) is 0 Å². The molecule has 23 heteroatoms. The number of rotatable bonds is 18. The van der Waals surface area contributed by atoms with Crippen LogP contribution >= 0.6 is 23.4 Å². The van der Waals surface area contributed by atoms with Crippen molar-refractivity contribution in [2.24, 2.45) is 23.5 Å². The Kier molecular flexibility index (Phi) is 20.5. The number of thioether (sulfide) groups is 1. The fourth-order valence-corrected chi connectivity index (χ4v) is 11.9. The van der Waals surface area contributed by atoms with E-state index in [9.17, 15) is 43.5 Å². The number of unbranched alkanes of at least 4 members (excludes halogenated alkanes) is 1. The molecule has 4 fully saturated rings. The standard InChI is InChI=1S/C53H75ClN6O15S/c1-29-12-11-14-40(72-8)53(70)27-38(73-51(69)57-53)30(2)46-52(4,75-46)41(26-43(62)59(6)36-23-33(22-29)24-37(71-7)45(36)54)74-50(68)31(3)58(5)42(61)19-21-76-39-25-44(63)60(48(39)65)28-32-15-17-34(18-16-32)47(64)56-20-10-9-13-35(55)49(66)67/h11-12,14,23-24,30-32,34-35,38-41,46,70H,9-10,13,15-22,25-28,55H2,1-8H3,(H,56,64)(H,57,69)(H,66,67)/b14-11-,29-12-/t30-,31+,32?,34?,35+,38+,39+,40-,41+,46+,52+,53+/m1/s1. The van der Waals surface area contributed by atoms with Gasteiger partial charge in [-0.3, -0.25) is 39.0 Å². The molecule has 1 aliphatic carbocycles. The number of fused-ring (bicyclic) bond motifs is 5. The highest BCUT2D eigenvalue weighted by molar-refractivity contribution is 8.00. The highest BCUT2D eigenvalue weighted by Crippen LogP contribution is 2.49. The Morgan fingerprint density at radius 3 is 2.46 bits per heavy atom. The van der Waals surface area contributed by atoms with Crippen molar-refractivity contribution < 1.29 is 72.3 Å². The van der Waals surface area contributed by atoms with Gasteiger partial charge in [0.05, 0.1) is 30.6 Å². The van der Waals surface area contributed by atoms with Crippen LogP contribution in [0.5, 0.6) is 5.75 Å². The first-order chi connectivity index (χ1) is 35.9. The van der Waals surface area contributed by atoms with Gasteiger partial charge >= 0.3 is 18.0 Å². The molecule has 3 saturated heterocycles. The van der Waals surface area contributed by atoms with E-state index < -0.39 is 95.3 Å². The number of nitrogens with one attached hydrogen (secondary N) is 2. The van der Waals surface area contributed by atoms with Gasteiger partial charge in [-0.25, -0.2) is 9.59 Å². The Morgan fingerprint density at radius 1 is 1.08 bits per heavy atom. The average Bonchev–Trinajstić information content (AvgIpc) is 4.01. The lowest BCUT2D eigenvalue weighted by Crippen LogP contribution is -2.63. The van der Waals surface area contributed by atoms with E-state index in [1.165, 1.54) is 54.7 Å². The van der Waals surface area contributed by atoms with Crippen LogP contribution in [0.4, 0.5) is 10.5 Å². The molecule has 1 aromatic rings. The van der Waals surface area contributed by atoms with Crippen LogP contribution < -0.4 is 26.0 Å². The monoisotopic (exact) mass is 1100 g/mol. The van der Waals surface area contributed by atoms with Gasteiger partial charge < -0.3 is 54.7 Å². The number of ether oxygens (including phenoxy) is 5. The number of nitrogens with zero attached hydrogens (tertiary/aromatic N) is 3. The van der Waals surface area contributed by atoms with Crippen molar-refractivity contribution in [2.75, 3.05) is 52.1 Å². The zero-order valence-electron chi connectivity index (χ0n) is 44.7. The van der Waals surface area contributed by atoms with Crippen molar-refractivity contribution in [3.63, 3.8) is 0 Å². The minimum Gasteiger partial charge on any atom is -0.495 e. The van der Waals surface area contributed by atoms with Gasteiger partial charge in [0.25, 0.3) is 0 Å². The number of carbonyl (C=O) groups is 8. The number of hydrogen-bond acceptors (Lipinski definition) is 16. The van der Waals surface area contributed by atoms with Crippen LogP contribution in [0.1, 0.15) is 104 Å². The molecule has 6 amide bonds. The number of likely N-dealkylation sites (tertiary alicyclic amines) is 1. The predicted molar refractivity (Wildman–Crippen MR) is 281 cm³/mol. The van der Waals surface area contributed by atoms with Gasteiger partial charge in [0, 0.05) is 71.1 Å². The van der Waals surface area contributed by atoms with Crippen molar-refractivity contribution in [2.45, 2.75) is 158 Å². The summed E-state index contributed by atoms with van der Waals surface area (Å²) < 4.78 is 29.5. The van der Waals surface area contributed by atoms with Gasteiger partial charge in [0.15, 0.2) is 5.72 Å². The Morgan fingerprint density at radius 2 is 1.79 bits per heavy atom. The van der Waals surface area contributed by atoms with E-state index in [-0.39, 0.29) is 66.1 Å². The second-order valence-electron chi connectivity index (χ2n) is 21.0. The molecular formula is C53H75ClN6O15S. The number of anilines is 1. The second kappa shape index (κ2) is 25.9. The van der Waals surface area contributed by atoms with Crippen molar-refractivity contribution in [1.29, 1.82) is 0 Å². The minimum atomic E-state index is -1.89. The van der Waals surface area contributed by atoms with Crippen molar-refractivity contribution in [1.82, 2.24) is 20.4 Å². The number of imide groups is 1. The number of esters is 1. The van der Waals surface area contributed by atoms with E-state index in [1.54, 1.807) is 45.2 Å². The summed E-state index contributed by atoms with van der Waals surface area (Å²) in [6, 6.07) is 1.47. The van der Waals surface area contributed by atoms with Crippen LogP contribution in [-0.4, -0.2) is 168 Å². The molecule has 1 saturated carbocycles. The maximum Gasteiger partial charge on any atom is 0.409 e. The highest BCUT2D eigenvalue weighted by atomic mass is 35.5. The summed E-state index contributed by atoms with van der Waals surface area (Å²) in [5.74, 6) is -3.68. The third kappa shape index (κ3) is 14.5. The lowest BCUT2D eigenvalue weighted by molar-refractivity contribution is -0.162. The fourth-order valence-electron chi connectivity index (χ4n) is 10.5. The summed E-state index contributed by atoms with van der Waals surface area (Å²) in [4.78, 5) is 109. The molecule has 0 aromatic heterocycles. The number of carboxylic acid groups (broad SMARTS) is 1. The number of benzene rings is 1. The lowest BCUT2D eigenvalue weighted by Gasteiger charge is -2.42. The van der Waals surface area contributed by atoms with E-state index in [0.29, 0.717) is 69.3 Å². The quantitative estimate of drug-likeness (QED) is 0.0594. The number of carbonyl (C=O) groups excluding carboxylic acids is 7. The maximum atomic E-state index is 14.4. The first kappa shape index (κ1) is 60.0. The minimum absolute atomic E-state index is 0.00468. The number of halogens is 1. The van der Waals surface area contributed by atoms with E-state index >= 15 is 0 Å². The van der Waals surface area contributed by atoms with Crippen LogP contribution in [0, 0.1) is 17.8 Å². The van der Waals surface area contributed by atoms with Gasteiger partial charge in [-0.1, -0.05) is 42.3 Å². The first-order valence-corrected chi connectivity index (χ1v) is 27.4. The number of amides is 6. The van der Waals surface area contributed by atoms with E-state index in [0.717, 1.165) is 11.1 Å². The Hall–Kier alpha value is -5.26. The third-order valence-corrected chi connectivity index (χ3v) is 17.2. The lowest BCUT2D eigenvalue weighted by atomic mass is 9.81. The first-order valence-electron chi connectivity index (χ1n) is 26.0. The molecule has 4 aliphatic heterocycles. The number of nitrogens with two attached hydrogens (primary N) is 1. The molecule has 0 unspecified atom stereocenters. The van der Waals surface area contributed by atoms with Crippen LogP contribution in [-0.2, 0) is 58.9 Å². The number of hydrogen-bond donors (Lipinski definition) is 5. The van der Waals surface area contributed by atoms with Gasteiger partial charge in [0.1, 0.15) is 46.8 Å². The molecular weight excluding hydrogens is 1030 g/mol. The predicted octanol–water partition coefficient (Wildman–Crippen LogP) is 4.27. The van der Waals surface area contributed by atoms with Crippen LogP contribution in [0.3, 0.4) is 0 Å². The van der Waals surface area contributed by atoms with Crippen molar-refractivity contribution in [3.8, 4) is 5.75 Å². The van der Waals surface area contributed by atoms with Gasteiger partial charge in [-0.05, 0) is 95.8 Å². The average molecular weight is 1100 g/mol. The van der Waals surface area contributed by atoms with E-state index in [4.69, 9.17) is 46.1 Å². The summed E-state index contributed by atoms with van der Waals surface area (Å²) in [5, 5.41) is 25.7. The van der Waals surface area contributed by atoms with Gasteiger partial charge in [-0.15, -0.1) is 11.8 Å². The van der Waals surface area contributed by atoms with Crippen molar-refractivity contribution in [3.05, 3.63) is 46.5 Å². The van der Waals surface area contributed by atoms with Crippen LogP contribution in [0.15, 0.2) is 35.9 Å². The number of carboxylic acids is 1. The maximum absolute atomic E-state index is 14.4. The smallest absolute Gasteiger partial charge is 0.409 e. The third-order valence-electron chi connectivity index (χ3n) is 15.6. The number of allylic oxidation sites excluding steroid dienone is 3. The number of aliphatic carboxylic acids is 1. The number of epoxide rings is 1. The molecule has 76 heavy (non-hydrogen) atoms. The molecule has 0 radical (unpaired) electrons.